The van der Waals surface area contributed by atoms with Gasteiger partial charge in [0, 0.05) is 18.0 Å². The maximum Gasteiger partial charge on any atom is 0.297 e. The van der Waals surface area contributed by atoms with Gasteiger partial charge in [-0.1, -0.05) is 99.7 Å². The number of aromatic hydroxyl groups is 1. The Hall–Kier alpha value is -3.73. The summed E-state index contributed by atoms with van der Waals surface area (Å²) in [5, 5.41) is 11.6. The molecule has 1 heterocycles. The van der Waals surface area contributed by atoms with Crippen LogP contribution in [0.1, 0.15) is 56.6 Å². The predicted octanol–water partition coefficient (Wildman–Crippen LogP) is 7.23. The molecule has 5 heteroatoms. The number of benzene rings is 3. The van der Waals surface area contributed by atoms with Crippen molar-refractivity contribution in [3.05, 3.63) is 100 Å². The zero-order chi connectivity index (χ0) is 25.2. The smallest absolute Gasteiger partial charge is 0.297 e. The number of ether oxygens (including phenoxy) is 2. The van der Waals surface area contributed by atoms with Gasteiger partial charge >= 0.3 is 0 Å². The first-order valence-electron chi connectivity index (χ1n) is 12.9. The van der Waals surface area contributed by atoms with Crippen LogP contribution in [-0.2, 0) is 19.8 Å². The number of pyridine rings is 1. The molecule has 0 aliphatic carbocycles. The van der Waals surface area contributed by atoms with Crippen LogP contribution in [0.15, 0.2) is 83.7 Å². The van der Waals surface area contributed by atoms with E-state index in [1.54, 1.807) is 4.57 Å². The molecule has 188 valence electrons. The Morgan fingerprint density at radius 1 is 0.750 bits per heavy atom. The molecule has 0 bridgehead atoms. The molecule has 1 aromatic heterocycles. The molecular weight excluding hydrogens is 450 g/mol. The second-order valence-electron chi connectivity index (χ2n) is 9.13. The fourth-order valence-electron chi connectivity index (χ4n) is 4.37. The van der Waals surface area contributed by atoms with Gasteiger partial charge in [-0.25, -0.2) is 0 Å². The maximum atomic E-state index is 13.3. The van der Waals surface area contributed by atoms with Crippen LogP contribution < -0.4 is 15.0 Å². The monoisotopic (exact) mass is 485 g/mol. The average Bonchev–Trinajstić information content (AvgIpc) is 2.92. The van der Waals surface area contributed by atoms with Gasteiger partial charge in [-0.05, 0) is 29.7 Å². The number of hydrogen-bond acceptors (Lipinski definition) is 4. The molecule has 0 saturated heterocycles. The van der Waals surface area contributed by atoms with E-state index in [4.69, 9.17) is 9.47 Å². The molecule has 0 amide bonds. The predicted molar refractivity (Wildman–Crippen MR) is 145 cm³/mol. The molecule has 1 N–H and O–H groups in total. The minimum Gasteiger partial charge on any atom is -0.500 e. The Labute approximate surface area is 212 Å². The fraction of sp³-hybridized carbons (Fsp3) is 0.323. The van der Waals surface area contributed by atoms with Gasteiger partial charge in [-0.3, -0.25) is 4.79 Å². The van der Waals surface area contributed by atoms with E-state index in [2.05, 4.69) is 6.92 Å². The lowest BCUT2D eigenvalue weighted by Gasteiger charge is -2.17. The van der Waals surface area contributed by atoms with E-state index in [9.17, 15) is 9.90 Å². The normalized spacial score (nSPS) is 11.0. The summed E-state index contributed by atoms with van der Waals surface area (Å²) >= 11 is 0. The average molecular weight is 486 g/mol. The molecule has 4 aromatic rings. The molecule has 0 spiro atoms. The van der Waals surface area contributed by atoms with E-state index >= 15 is 0 Å². The Bertz CT molecular complexity index is 1300. The third-order valence-corrected chi connectivity index (χ3v) is 6.38. The number of nitrogens with zero attached hydrogens (tertiary/aromatic N) is 1. The van der Waals surface area contributed by atoms with E-state index in [0.717, 1.165) is 30.4 Å². The van der Waals surface area contributed by atoms with Crippen molar-refractivity contribution in [3.8, 4) is 17.2 Å². The summed E-state index contributed by atoms with van der Waals surface area (Å²) in [7, 11) is 0. The maximum absolute atomic E-state index is 13.3. The second-order valence-corrected chi connectivity index (χ2v) is 9.13. The lowest BCUT2D eigenvalue weighted by molar-refractivity contribution is 0.289. The largest absolute Gasteiger partial charge is 0.500 e. The van der Waals surface area contributed by atoms with Crippen LogP contribution in [0.25, 0.3) is 10.9 Å². The minimum absolute atomic E-state index is 0.215. The highest BCUT2D eigenvalue weighted by Gasteiger charge is 2.18. The van der Waals surface area contributed by atoms with Crippen LogP contribution in [0.2, 0.25) is 0 Å². The van der Waals surface area contributed by atoms with Crippen LogP contribution >= 0.6 is 0 Å². The Morgan fingerprint density at radius 2 is 1.36 bits per heavy atom. The van der Waals surface area contributed by atoms with Crippen LogP contribution in [-0.4, -0.2) is 9.67 Å². The molecule has 0 aliphatic rings. The van der Waals surface area contributed by atoms with Gasteiger partial charge in [0.15, 0.2) is 5.75 Å². The van der Waals surface area contributed by atoms with Crippen molar-refractivity contribution in [3.63, 3.8) is 0 Å². The zero-order valence-electron chi connectivity index (χ0n) is 21.0. The number of rotatable bonds is 13. The number of aryl methyl sites for hydroxylation is 1. The molecule has 36 heavy (non-hydrogen) atoms. The Balaban J connectivity index is 1.63. The van der Waals surface area contributed by atoms with Crippen molar-refractivity contribution in [2.45, 2.75) is 65.2 Å². The molecule has 3 aromatic carbocycles. The molecular formula is C31H35NO4. The van der Waals surface area contributed by atoms with Gasteiger partial charge in [-0.15, -0.1) is 0 Å². The van der Waals surface area contributed by atoms with Crippen LogP contribution in [0.4, 0.5) is 0 Å². The van der Waals surface area contributed by atoms with Crippen molar-refractivity contribution >= 4 is 10.9 Å². The topological polar surface area (TPSA) is 60.7 Å². The molecule has 0 fully saturated rings. The van der Waals surface area contributed by atoms with Gasteiger partial charge < -0.3 is 19.1 Å². The van der Waals surface area contributed by atoms with Gasteiger partial charge in [0.1, 0.15) is 19.0 Å². The molecule has 0 atom stereocenters. The first kappa shape index (κ1) is 25.4. The van der Waals surface area contributed by atoms with E-state index in [1.807, 2.05) is 78.9 Å². The molecule has 4 rings (SSSR count). The number of fused-ring (bicyclic) bond motifs is 1. The van der Waals surface area contributed by atoms with Crippen molar-refractivity contribution in [2.24, 2.45) is 0 Å². The number of hydrogen-bond donors (Lipinski definition) is 1. The first-order valence-corrected chi connectivity index (χ1v) is 12.9. The lowest BCUT2D eigenvalue weighted by atomic mass is 10.1. The summed E-state index contributed by atoms with van der Waals surface area (Å²) < 4.78 is 13.7. The Morgan fingerprint density at radius 3 is 2.03 bits per heavy atom. The van der Waals surface area contributed by atoms with Crippen LogP contribution in [0, 0.1) is 0 Å². The summed E-state index contributed by atoms with van der Waals surface area (Å²) in [5.74, 6) is 0.539. The highest BCUT2D eigenvalue weighted by Crippen LogP contribution is 2.35. The highest BCUT2D eigenvalue weighted by atomic mass is 16.5. The fourth-order valence-corrected chi connectivity index (χ4v) is 4.37. The van der Waals surface area contributed by atoms with Crippen molar-refractivity contribution in [2.75, 3.05) is 0 Å². The van der Waals surface area contributed by atoms with Crippen molar-refractivity contribution in [1.29, 1.82) is 0 Å². The first-order chi connectivity index (χ1) is 17.7. The van der Waals surface area contributed by atoms with Crippen molar-refractivity contribution < 1.29 is 14.6 Å². The molecule has 0 saturated carbocycles. The molecule has 0 aliphatic heterocycles. The summed E-state index contributed by atoms with van der Waals surface area (Å²) in [5.41, 5.74) is 2.31. The SMILES string of the molecule is CCCCCCCCn1c(=O)c(O)c(OCc2ccccc2)c2ccc(OCc3ccccc3)cc21. The minimum atomic E-state index is -0.431. The van der Waals surface area contributed by atoms with Crippen LogP contribution in [0.5, 0.6) is 17.2 Å². The van der Waals surface area contributed by atoms with E-state index in [-0.39, 0.29) is 18.1 Å². The molecule has 0 unspecified atom stereocenters. The van der Waals surface area contributed by atoms with E-state index in [0.29, 0.717) is 29.8 Å². The highest BCUT2D eigenvalue weighted by molar-refractivity contribution is 5.89. The summed E-state index contributed by atoms with van der Waals surface area (Å²) in [6.07, 6.45) is 6.72. The summed E-state index contributed by atoms with van der Waals surface area (Å²) in [6, 6.07) is 25.3. The standard InChI is InChI=1S/C31H35NO4/c1-2-3-4-5-6-13-20-32-28-21-26(35-22-24-14-9-7-10-15-24)18-19-27(28)30(29(33)31(32)34)36-23-25-16-11-8-12-17-25/h7-12,14-19,21,33H,2-6,13,20,22-23H2,1H3. The lowest BCUT2D eigenvalue weighted by Crippen LogP contribution is -2.21. The van der Waals surface area contributed by atoms with Gasteiger partial charge in [0.2, 0.25) is 5.75 Å². The second kappa shape index (κ2) is 12.8. The number of unbranched alkanes of at least 4 members (excludes halogenated alkanes) is 5. The number of aromatic nitrogens is 1. The van der Waals surface area contributed by atoms with Crippen LogP contribution in [0.3, 0.4) is 0 Å². The third-order valence-electron chi connectivity index (χ3n) is 6.38. The van der Waals surface area contributed by atoms with Gasteiger partial charge in [0.25, 0.3) is 5.56 Å². The molecule has 0 radical (unpaired) electrons. The van der Waals surface area contributed by atoms with E-state index < -0.39 is 5.56 Å². The summed E-state index contributed by atoms with van der Waals surface area (Å²) in [6.45, 7) is 3.43. The van der Waals surface area contributed by atoms with Crippen molar-refractivity contribution in [1.82, 2.24) is 4.57 Å². The van der Waals surface area contributed by atoms with Gasteiger partial charge in [0.05, 0.1) is 5.52 Å². The van der Waals surface area contributed by atoms with Gasteiger partial charge in [-0.2, -0.15) is 0 Å². The summed E-state index contributed by atoms with van der Waals surface area (Å²) in [4.78, 5) is 13.3. The Kier molecular flexibility index (Phi) is 9.03. The zero-order valence-corrected chi connectivity index (χ0v) is 21.0. The molecule has 5 nitrogen and oxygen atoms in total. The quantitative estimate of drug-likeness (QED) is 0.203. The van der Waals surface area contributed by atoms with E-state index in [1.165, 1.54) is 19.3 Å². The third kappa shape index (κ3) is 6.48.